The van der Waals surface area contributed by atoms with Crippen LogP contribution < -0.4 is 10.6 Å². The van der Waals surface area contributed by atoms with Crippen molar-refractivity contribution in [3.63, 3.8) is 0 Å². The van der Waals surface area contributed by atoms with Crippen molar-refractivity contribution in [3.8, 4) is 0 Å². The molecule has 0 aromatic heterocycles. The number of nitrogens with two attached hydrogens (primary N) is 1. The maximum atomic E-state index is 6.06. The molecule has 0 bridgehead atoms. The summed E-state index contributed by atoms with van der Waals surface area (Å²) in [6.45, 7) is 3.78. The molecule has 0 aliphatic heterocycles. The maximum absolute atomic E-state index is 6.06. The lowest BCUT2D eigenvalue weighted by molar-refractivity contribution is 0.832. The number of rotatable bonds is 4. The van der Waals surface area contributed by atoms with Crippen molar-refractivity contribution in [1.82, 2.24) is 0 Å². The summed E-state index contributed by atoms with van der Waals surface area (Å²) < 4.78 is 0. The van der Waals surface area contributed by atoms with Crippen molar-refractivity contribution in [2.24, 2.45) is 0 Å². The van der Waals surface area contributed by atoms with Crippen LogP contribution in [0.25, 0.3) is 0 Å². The average molecular weight is 295 g/mol. The van der Waals surface area contributed by atoms with Gasteiger partial charge < -0.3 is 10.6 Å². The Morgan fingerprint density at radius 2 is 1.63 bits per heavy atom. The van der Waals surface area contributed by atoms with Crippen molar-refractivity contribution >= 4 is 34.6 Å². The van der Waals surface area contributed by atoms with E-state index in [0.29, 0.717) is 15.7 Å². The predicted molar refractivity (Wildman–Crippen MR) is 84.0 cm³/mol. The van der Waals surface area contributed by atoms with Gasteiger partial charge >= 0.3 is 0 Å². The fourth-order valence-corrected chi connectivity index (χ4v) is 2.51. The molecule has 2 aromatic carbocycles. The summed E-state index contributed by atoms with van der Waals surface area (Å²) in [4.78, 5) is 2.25. The quantitative estimate of drug-likeness (QED) is 0.835. The number of halogens is 2. The van der Waals surface area contributed by atoms with Gasteiger partial charge in [-0.3, -0.25) is 0 Å². The molecule has 100 valence electrons. The topological polar surface area (TPSA) is 29.3 Å². The fourth-order valence-electron chi connectivity index (χ4n) is 1.97. The summed E-state index contributed by atoms with van der Waals surface area (Å²) in [6.07, 6.45) is 0. The Bertz CT molecular complexity index is 532. The second-order valence-electron chi connectivity index (χ2n) is 4.32. The largest absolute Gasteiger partial charge is 0.396 e. The van der Waals surface area contributed by atoms with E-state index in [0.717, 1.165) is 18.7 Å². The first-order valence-corrected chi connectivity index (χ1v) is 6.90. The van der Waals surface area contributed by atoms with Gasteiger partial charge in [0.15, 0.2) is 0 Å². The molecular weight excluding hydrogens is 279 g/mol. The van der Waals surface area contributed by atoms with Crippen LogP contribution in [0.2, 0.25) is 10.0 Å². The van der Waals surface area contributed by atoms with E-state index in [-0.39, 0.29) is 0 Å². The van der Waals surface area contributed by atoms with Crippen LogP contribution in [0.1, 0.15) is 12.5 Å². The molecule has 2 aromatic rings. The highest BCUT2D eigenvalue weighted by Crippen LogP contribution is 2.30. The van der Waals surface area contributed by atoms with Crippen LogP contribution in [0.3, 0.4) is 0 Å². The number of para-hydroxylation sites is 1. The molecule has 0 saturated heterocycles. The smallest absolute Gasteiger partial charge is 0.0693 e. The fraction of sp³-hybridized carbons (Fsp3) is 0.200. The molecule has 0 radical (unpaired) electrons. The lowest BCUT2D eigenvalue weighted by atomic mass is 10.1. The highest BCUT2D eigenvalue weighted by molar-refractivity contribution is 6.38. The summed E-state index contributed by atoms with van der Waals surface area (Å²) in [7, 11) is 0. The molecule has 19 heavy (non-hydrogen) atoms. The van der Waals surface area contributed by atoms with Crippen LogP contribution in [0, 0.1) is 0 Å². The van der Waals surface area contributed by atoms with Crippen LogP contribution in [0.5, 0.6) is 0 Å². The summed E-state index contributed by atoms with van der Waals surface area (Å²) in [5.74, 6) is 0. The predicted octanol–water partition coefficient (Wildman–Crippen LogP) is 4.60. The van der Waals surface area contributed by atoms with Gasteiger partial charge in [-0.1, -0.05) is 41.4 Å². The maximum Gasteiger partial charge on any atom is 0.0693 e. The van der Waals surface area contributed by atoms with Crippen LogP contribution in [-0.2, 0) is 6.54 Å². The number of nitrogens with zero attached hydrogens (tertiary/aromatic N) is 1. The first kappa shape index (κ1) is 14.0. The number of hydrogen-bond donors (Lipinski definition) is 1. The van der Waals surface area contributed by atoms with Gasteiger partial charge in [0.05, 0.1) is 15.7 Å². The minimum absolute atomic E-state index is 0.440. The van der Waals surface area contributed by atoms with E-state index < -0.39 is 0 Å². The molecule has 0 heterocycles. The van der Waals surface area contributed by atoms with Gasteiger partial charge in [0.2, 0.25) is 0 Å². The highest BCUT2D eigenvalue weighted by atomic mass is 35.5. The van der Waals surface area contributed by atoms with Crippen LogP contribution >= 0.6 is 23.2 Å². The first-order valence-electron chi connectivity index (χ1n) is 6.15. The van der Waals surface area contributed by atoms with Gasteiger partial charge in [-0.2, -0.15) is 0 Å². The zero-order valence-corrected chi connectivity index (χ0v) is 12.2. The molecule has 0 saturated carbocycles. The van der Waals surface area contributed by atoms with Crippen molar-refractivity contribution in [2.45, 2.75) is 13.5 Å². The third-order valence-electron chi connectivity index (χ3n) is 3.02. The van der Waals surface area contributed by atoms with E-state index in [1.165, 1.54) is 5.69 Å². The van der Waals surface area contributed by atoms with Crippen molar-refractivity contribution in [2.75, 3.05) is 17.2 Å². The van der Waals surface area contributed by atoms with E-state index in [4.69, 9.17) is 28.9 Å². The molecule has 2 rings (SSSR count). The molecule has 4 heteroatoms. The summed E-state index contributed by atoms with van der Waals surface area (Å²) >= 11 is 12.1. The SMILES string of the molecule is CCN(Cc1cc(Cl)c(N)c(Cl)c1)c1ccccc1. The molecule has 2 N–H and O–H groups in total. The van der Waals surface area contributed by atoms with Gasteiger partial charge in [0.25, 0.3) is 0 Å². The molecule has 0 aliphatic rings. The van der Waals surface area contributed by atoms with Crippen molar-refractivity contribution < 1.29 is 0 Å². The molecule has 0 unspecified atom stereocenters. The zero-order chi connectivity index (χ0) is 13.8. The molecule has 0 atom stereocenters. The van der Waals surface area contributed by atoms with E-state index >= 15 is 0 Å². The Balaban J connectivity index is 2.24. The molecule has 2 nitrogen and oxygen atoms in total. The van der Waals surface area contributed by atoms with Crippen molar-refractivity contribution in [1.29, 1.82) is 0 Å². The molecule has 0 fully saturated rings. The Labute approximate surface area is 123 Å². The highest BCUT2D eigenvalue weighted by Gasteiger charge is 2.09. The van der Waals surface area contributed by atoms with Gasteiger partial charge in [0, 0.05) is 18.8 Å². The van der Waals surface area contributed by atoms with Gasteiger partial charge in [-0.15, -0.1) is 0 Å². The van der Waals surface area contributed by atoms with E-state index in [1.807, 2.05) is 30.3 Å². The zero-order valence-electron chi connectivity index (χ0n) is 10.7. The second-order valence-corrected chi connectivity index (χ2v) is 5.14. The second kappa shape index (κ2) is 6.18. The number of hydrogen-bond acceptors (Lipinski definition) is 2. The Morgan fingerprint density at radius 3 is 2.16 bits per heavy atom. The van der Waals surface area contributed by atoms with Gasteiger partial charge in [-0.25, -0.2) is 0 Å². The van der Waals surface area contributed by atoms with Gasteiger partial charge in [-0.05, 0) is 36.8 Å². The van der Waals surface area contributed by atoms with Gasteiger partial charge in [0.1, 0.15) is 0 Å². The van der Waals surface area contributed by atoms with Crippen molar-refractivity contribution in [3.05, 3.63) is 58.1 Å². The first-order chi connectivity index (χ1) is 9.11. The lowest BCUT2D eigenvalue weighted by Gasteiger charge is -2.23. The van der Waals surface area contributed by atoms with E-state index in [9.17, 15) is 0 Å². The number of anilines is 2. The Kier molecular flexibility index (Phi) is 4.56. The van der Waals surface area contributed by atoms with Crippen LogP contribution in [0.4, 0.5) is 11.4 Å². The van der Waals surface area contributed by atoms with E-state index in [1.54, 1.807) is 0 Å². The standard InChI is InChI=1S/C15H16Cl2N2/c1-2-19(12-6-4-3-5-7-12)10-11-8-13(16)15(18)14(17)9-11/h3-9H,2,10,18H2,1H3. The summed E-state index contributed by atoms with van der Waals surface area (Å²) in [5.41, 5.74) is 8.41. The Hall–Kier alpha value is -1.38. The molecule has 0 aliphatic carbocycles. The minimum atomic E-state index is 0.440. The average Bonchev–Trinajstić information content (AvgIpc) is 2.43. The lowest BCUT2D eigenvalue weighted by Crippen LogP contribution is -2.21. The number of nitrogen functional groups attached to an aromatic ring is 1. The normalized spacial score (nSPS) is 10.5. The molecule has 0 amide bonds. The summed E-state index contributed by atoms with van der Waals surface area (Å²) in [5, 5.41) is 1.01. The third-order valence-corrected chi connectivity index (χ3v) is 3.64. The van der Waals surface area contributed by atoms with Crippen LogP contribution in [0.15, 0.2) is 42.5 Å². The van der Waals surface area contributed by atoms with E-state index in [2.05, 4.69) is 24.0 Å². The summed E-state index contributed by atoms with van der Waals surface area (Å²) in [6, 6.07) is 14.0. The molecular formula is C15H16Cl2N2. The minimum Gasteiger partial charge on any atom is -0.396 e. The third kappa shape index (κ3) is 3.34. The van der Waals surface area contributed by atoms with Crippen LogP contribution in [-0.4, -0.2) is 6.54 Å². The number of benzene rings is 2. The Morgan fingerprint density at radius 1 is 1.05 bits per heavy atom. The monoisotopic (exact) mass is 294 g/mol. The molecule has 0 spiro atoms.